The zero-order chi connectivity index (χ0) is 10.7. The molecule has 3 heteroatoms. The highest BCUT2D eigenvalue weighted by Gasteiger charge is 2.24. The minimum absolute atomic E-state index is 0.00602. The molecule has 82 valence electrons. The van der Waals surface area contributed by atoms with Crippen LogP contribution in [0.5, 0.6) is 0 Å². The lowest BCUT2D eigenvalue weighted by molar-refractivity contribution is -0.112. The van der Waals surface area contributed by atoms with E-state index in [9.17, 15) is 4.79 Å². The molecule has 1 atom stereocenters. The van der Waals surface area contributed by atoms with Gasteiger partial charge in [0.25, 0.3) is 0 Å². The smallest absolute Gasteiger partial charge is 0.143 e. The Morgan fingerprint density at radius 2 is 2.20 bits per heavy atom. The van der Waals surface area contributed by atoms with Crippen LogP contribution in [0.15, 0.2) is 12.5 Å². The number of rotatable bonds is 3. The Balaban J connectivity index is 2.12. The molecule has 0 aromatic carbocycles. The van der Waals surface area contributed by atoms with Crippen molar-refractivity contribution in [2.24, 2.45) is 5.92 Å². The molecule has 2 rings (SSSR count). The molecule has 0 spiro atoms. The summed E-state index contributed by atoms with van der Waals surface area (Å²) in [5, 5.41) is 0. The summed E-state index contributed by atoms with van der Waals surface area (Å²) >= 11 is 0. The van der Waals surface area contributed by atoms with Gasteiger partial charge in [-0.2, -0.15) is 0 Å². The predicted molar refractivity (Wildman–Crippen MR) is 58.6 cm³/mol. The summed E-state index contributed by atoms with van der Waals surface area (Å²) in [6.07, 6.45) is 11.0. The van der Waals surface area contributed by atoms with Crippen molar-refractivity contribution in [1.82, 2.24) is 9.55 Å². The molecule has 1 aromatic heterocycles. The second-order valence-electron chi connectivity index (χ2n) is 4.49. The maximum atomic E-state index is 11.2. The summed E-state index contributed by atoms with van der Waals surface area (Å²) in [6.45, 7) is 1.96. The molecule has 0 bridgehead atoms. The highest BCUT2D eigenvalue weighted by molar-refractivity contribution is 5.56. The summed E-state index contributed by atoms with van der Waals surface area (Å²) in [4.78, 5) is 15.3. The number of hydrogen-bond donors (Lipinski definition) is 0. The summed E-state index contributed by atoms with van der Waals surface area (Å²) < 4.78 is 1.97. The van der Waals surface area contributed by atoms with Crippen molar-refractivity contribution in [3.63, 3.8) is 0 Å². The van der Waals surface area contributed by atoms with Crippen LogP contribution in [-0.2, 0) is 4.79 Å². The first kappa shape index (κ1) is 10.4. The number of aromatic nitrogens is 2. The summed E-state index contributed by atoms with van der Waals surface area (Å²) in [7, 11) is 0. The summed E-state index contributed by atoms with van der Waals surface area (Å²) in [5.74, 6) is 0.518. The number of aldehydes is 1. The van der Waals surface area contributed by atoms with Gasteiger partial charge in [-0.25, -0.2) is 4.98 Å². The number of aryl methyl sites for hydroxylation is 1. The fraction of sp³-hybridized carbons (Fsp3) is 0.667. The highest BCUT2D eigenvalue weighted by atomic mass is 16.1. The normalized spacial score (nSPS) is 20.1. The standard InChI is InChI=1S/C12H18N2O/c1-10-7-14(9-13-10)12(8-15)11-5-3-2-4-6-11/h7-9,11-12H,2-6H2,1H3. The molecular weight excluding hydrogens is 188 g/mol. The van der Waals surface area contributed by atoms with Crippen molar-refractivity contribution in [2.75, 3.05) is 0 Å². The van der Waals surface area contributed by atoms with Gasteiger partial charge in [-0.05, 0) is 25.7 Å². The van der Waals surface area contributed by atoms with Gasteiger partial charge in [0.1, 0.15) is 6.29 Å². The quantitative estimate of drug-likeness (QED) is 0.712. The number of carbonyl (C=O) groups excluding carboxylic acids is 1. The molecule has 1 aromatic rings. The Morgan fingerprint density at radius 1 is 1.47 bits per heavy atom. The van der Waals surface area contributed by atoms with Crippen LogP contribution in [-0.4, -0.2) is 15.8 Å². The molecule has 1 aliphatic rings. The maximum absolute atomic E-state index is 11.2. The molecule has 1 unspecified atom stereocenters. The molecular formula is C12H18N2O. The highest BCUT2D eigenvalue weighted by Crippen LogP contribution is 2.31. The van der Waals surface area contributed by atoms with Gasteiger partial charge in [-0.3, -0.25) is 0 Å². The third kappa shape index (κ3) is 2.28. The van der Waals surface area contributed by atoms with Crippen LogP contribution in [0.25, 0.3) is 0 Å². The minimum Gasteiger partial charge on any atom is -0.327 e. The van der Waals surface area contributed by atoms with Crippen molar-refractivity contribution < 1.29 is 4.79 Å². The van der Waals surface area contributed by atoms with E-state index in [0.717, 1.165) is 12.0 Å². The van der Waals surface area contributed by atoms with Crippen molar-refractivity contribution in [1.29, 1.82) is 0 Å². The van der Waals surface area contributed by atoms with E-state index < -0.39 is 0 Å². The van der Waals surface area contributed by atoms with Crippen LogP contribution in [0.4, 0.5) is 0 Å². The van der Waals surface area contributed by atoms with Gasteiger partial charge < -0.3 is 9.36 Å². The summed E-state index contributed by atoms with van der Waals surface area (Å²) in [5.41, 5.74) is 0.984. The third-order valence-corrected chi connectivity index (χ3v) is 3.35. The van der Waals surface area contributed by atoms with E-state index in [1.165, 1.54) is 32.1 Å². The van der Waals surface area contributed by atoms with E-state index in [1.54, 1.807) is 6.33 Å². The van der Waals surface area contributed by atoms with Crippen LogP contribution in [0.2, 0.25) is 0 Å². The molecule has 1 heterocycles. The van der Waals surface area contributed by atoms with Gasteiger partial charge in [0.15, 0.2) is 0 Å². The third-order valence-electron chi connectivity index (χ3n) is 3.35. The topological polar surface area (TPSA) is 34.9 Å². The number of hydrogen-bond acceptors (Lipinski definition) is 2. The number of nitrogens with zero attached hydrogens (tertiary/aromatic N) is 2. The number of imidazole rings is 1. The monoisotopic (exact) mass is 206 g/mol. The van der Waals surface area contributed by atoms with Gasteiger partial charge in [0, 0.05) is 6.20 Å². The van der Waals surface area contributed by atoms with Gasteiger partial charge in [0.2, 0.25) is 0 Å². The first-order chi connectivity index (χ1) is 7.31. The Labute approximate surface area is 90.5 Å². The Morgan fingerprint density at radius 3 is 2.73 bits per heavy atom. The molecule has 15 heavy (non-hydrogen) atoms. The molecule has 1 aliphatic carbocycles. The lowest BCUT2D eigenvalue weighted by Crippen LogP contribution is -2.22. The molecule has 0 N–H and O–H groups in total. The molecule has 0 aliphatic heterocycles. The van der Waals surface area contributed by atoms with Crippen molar-refractivity contribution in [3.05, 3.63) is 18.2 Å². The lowest BCUT2D eigenvalue weighted by atomic mass is 9.84. The second kappa shape index (κ2) is 4.60. The summed E-state index contributed by atoms with van der Waals surface area (Å²) in [6, 6.07) is 0.00602. The Kier molecular flexibility index (Phi) is 3.19. The zero-order valence-corrected chi connectivity index (χ0v) is 9.22. The molecule has 1 saturated carbocycles. The van der Waals surface area contributed by atoms with Gasteiger partial charge in [-0.15, -0.1) is 0 Å². The van der Waals surface area contributed by atoms with Crippen molar-refractivity contribution in [2.45, 2.75) is 45.1 Å². The average molecular weight is 206 g/mol. The van der Waals surface area contributed by atoms with Crippen molar-refractivity contribution >= 4 is 6.29 Å². The van der Waals surface area contributed by atoms with Gasteiger partial charge in [0.05, 0.1) is 18.1 Å². The van der Waals surface area contributed by atoms with Crippen LogP contribution in [0, 0.1) is 12.8 Å². The molecule has 1 fully saturated rings. The second-order valence-corrected chi connectivity index (χ2v) is 4.49. The van der Waals surface area contributed by atoms with E-state index in [4.69, 9.17) is 0 Å². The first-order valence-corrected chi connectivity index (χ1v) is 5.76. The van der Waals surface area contributed by atoms with E-state index in [1.807, 2.05) is 17.7 Å². The van der Waals surface area contributed by atoms with E-state index in [0.29, 0.717) is 5.92 Å². The van der Waals surface area contributed by atoms with Crippen molar-refractivity contribution in [3.8, 4) is 0 Å². The Hall–Kier alpha value is -1.12. The van der Waals surface area contributed by atoms with Gasteiger partial charge in [-0.1, -0.05) is 19.3 Å². The maximum Gasteiger partial charge on any atom is 0.143 e. The fourth-order valence-corrected chi connectivity index (χ4v) is 2.50. The molecule has 0 saturated heterocycles. The fourth-order valence-electron chi connectivity index (χ4n) is 2.50. The lowest BCUT2D eigenvalue weighted by Gasteiger charge is -2.27. The molecule has 3 nitrogen and oxygen atoms in total. The first-order valence-electron chi connectivity index (χ1n) is 5.76. The van der Waals surface area contributed by atoms with E-state index in [2.05, 4.69) is 4.98 Å². The average Bonchev–Trinajstić information content (AvgIpc) is 2.68. The molecule has 0 radical (unpaired) electrons. The predicted octanol–water partition coefficient (Wildman–Crippen LogP) is 2.51. The number of carbonyl (C=O) groups is 1. The van der Waals surface area contributed by atoms with Crippen LogP contribution >= 0.6 is 0 Å². The largest absolute Gasteiger partial charge is 0.327 e. The van der Waals surface area contributed by atoms with Gasteiger partial charge >= 0.3 is 0 Å². The van der Waals surface area contributed by atoms with Crippen LogP contribution < -0.4 is 0 Å². The van der Waals surface area contributed by atoms with Crippen LogP contribution in [0.1, 0.15) is 43.8 Å². The minimum atomic E-state index is 0.00602. The van der Waals surface area contributed by atoms with Crippen LogP contribution in [0.3, 0.4) is 0 Å². The molecule has 0 amide bonds. The Bertz CT molecular complexity index is 326. The van der Waals surface area contributed by atoms with E-state index >= 15 is 0 Å². The zero-order valence-electron chi connectivity index (χ0n) is 9.22. The van der Waals surface area contributed by atoms with E-state index in [-0.39, 0.29) is 6.04 Å². The SMILES string of the molecule is Cc1cn(C(C=O)C2CCCCC2)cn1.